The van der Waals surface area contributed by atoms with Crippen molar-refractivity contribution in [3.05, 3.63) is 35.3 Å². The van der Waals surface area contributed by atoms with Crippen LogP contribution in [0.1, 0.15) is 4.88 Å². The van der Waals surface area contributed by atoms with Crippen molar-refractivity contribution in [3.8, 4) is 16.3 Å². The van der Waals surface area contributed by atoms with Crippen LogP contribution in [0, 0.1) is 0 Å². The second kappa shape index (κ2) is 5.58. The van der Waals surface area contributed by atoms with E-state index in [0.717, 1.165) is 15.4 Å². The number of ether oxygens (including phenoxy) is 1. The number of aromatic nitrogens is 1. The summed E-state index contributed by atoms with van der Waals surface area (Å²) in [5.41, 5.74) is 0.766. The molecule has 1 N–H and O–H groups in total. The van der Waals surface area contributed by atoms with Crippen LogP contribution in [0.2, 0.25) is 0 Å². The molecule has 0 fully saturated rings. The number of hydrogen-bond donors (Lipinski definition) is 1. The van der Waals surface area contributed by atoms with Crippen molar-refractivity contribution in [2.24, 2.45) is 0 Å². The second-order valence-electron chi connectivity index (χ2n) is 3.73. The molecule has 102 valence electrons. The Morgan fingerprint density at radius 3 is 2.53 bits per heavy atom. The molecular weight excluding hydrogens is 277 g/mol. The lowest BCUT2D eigenvalue weighted by Gasteiger charge is -2.08. The largest absolute Gasteiger partial charge is 0.573 e. The highest BCUT2D eigenvalue weighted by atomic mass is 32.1. The molecule has 19 heavy (non-hydrogen) atoms. The predicted molar refractivity (Wildman–Crippen MR) is 67.0 cm³/mol. The lowest BCUT2D eigenvalue weighted by molar-refractivity contribution is -0.274. The zero-order valence-electron chi connectivity index (χ0n) is 9.99. The van der Waals surface area contributed by atoms with E-state index in [1.807, 2.05) is 7.05 Å². The molecule has 0 radical (unpaired) electrons. The van der Waals surface area contributed by atoms with Crippen molar-refractivity contribution >= 4 is 11.3 Å². The van der Waals surface area contributed by atoms with Crippen LogP contribution in [0.25, 0.3) is 10.6 Å². The summed E-state index contributed by atoms with van der Waals surface area (Å²) in [7, 11) is 1.84. The fourth-order valence-electron chi connectivity index (χ4n) is 1.50. The van der Waals surface area contributed by atoms with E-state index in [1.54, 1.807) is 18.3 Å². The molecular formula is C12H11F3N2OS. The molecule has 0 spiro atoms. The van der Waals surface area contributed by atoms with E-state index in [9.17, 15) is 13.2 Å². The van der Waals surface area contributed by atoms with Gasteiger partial charge in [-0.3, -0.25) is 0 Å². The van der Waals surface area contributed by atoms with E-state index in [2.05, 4.69) is 15.0 Å². The third-order valence-corrected chi connectivity index (χ3v) is 3.29. The fourth-order valence-corrected chi connectivity index (χ4v) is 2.43. The third kappa shape index (κ3) is 3.93. The first-order valence-electron chi connectivity index (χ1n) is 5.43. The van der Waals surface area contributed by atoms with Gasteiger partial charge >= 0.3 is 6.36 Å². The van der Waals surface area contributed by atoms with Gasteiger partial charge in [-0.15, -0.1) is 24.5 Å². The molecule has 1 aromatic heterocycles. The van der Waals surface area contributed by atoms with Gasteiger partial charge in [-0.25, -0.2) is 4.98 Å². The predicted octanol–water partition coefficient (Wildman–Crippen LogP) is 3.43. The zero-order valence-corrected chi connectivity index (χ0v) is 10.8. The van der Waals surface area contributed by atoms with Crippen LogP contribution in [0.5, 0.6) is 5.75 Å². The SMILES string of the molecule is CNCc1cnc(-c2ccc(OC(F)(F)F)cc2)s1. The summed E-state index contributed by atoms with van der Waals surface area (Å²) in [4.78, 5) is 5.29. The van der Waals surface area contributed by atoms with Crippen LogP contribution >= 0.6 is 11.3 Å². The highest BCUT2D eigenvalue weighted by Crippen LogP contribution is 2.28. The topological polar surface area (TPSA) is 34.2 Å². The van der Waals surface area contributed by atoms with E-state index in [-0.39, 0.29) is 5.75 Å². The molecule has 0 aliphatic carbocycles. The molecule has 2 rings (SSSR count). The van der Waals surface area contributed by atoms with Gasteiger partial charge in [0.05, 0.1) is 0 Å². The van der Waals surface area contributed by atoms with Gasteiger partial charge in [0.2, 0.25) is 0 Å². The Labute approximate surface area is 112 Å². The first-order valence-corrected chi connectivity index (χ1v) is 6.25. The highest BCUT2D eigenvalue weighted by molar-refractivity contribution is 7.15. The minimum atomic E-state index is -4.66. The fraction of sp³-hybridized carbons (Fsp3) is 0.250. The maximum absolute atomic E-state index is 12.0. The van der Waals surface area contributed by atoms with Crippen LogP contribution in [0.15, 0.2) is 30.5 Å². The van der Waals surface area contributed by atoms with Crippen molar-refractivity contribution in [3.63, 3.8) is 0 Å². The van der Waals surface area contributed by atoms with Crippen LogP contribution in [-0.4, -0.2) is 18.4 Å². The van der Waals surface area contributed by atoms with Crippen molar-refractivity contribution < 1.29 is 17.9 Å². The Balaban J connectivity index is 2.13. The molecule has 0 atom stereocenters. The minimum absolute atomic E-state index is 0.233. The Hall–Kier alpha value is -1.60. The lowest BCUT2D eigenvalue weighted by atomic mass is 10.2. The molecule has 0 saturated carbocycles. The summed E-state index contributed by atoms with van der Waals surface area (Å²) >= 11 is 1.49. The number of halogens is 3. The van der Waals surface area contributed by atoms with Gasteiger partial charge in [0.15, 0.2) is 0 Å². The normalized spacial score (nSPS) is 11.6. The molecule has 0 aliphatic rings. The molecule has 2 aromatic rings. The minimum Gasteiger partial charge on any atom is -0.406 e. The van der Waals surface area contributed by atoms with Crippen molar-refractivity contribution in [1.82, 2.24) is 10.3 Å². The van der Waals surface area contributed by atoms with Gasteiger partial charge < -0.3 is 10.1 Å². The van der Waals surface area contributed by atoms with E-state index in [1.165, 1.54) is 23.5 Å². The molecule has 1 aromatic carbocycles. The summed E-state index contributed by atoms with van der Waals surface area (Å²) in [6.45, 7) is 0.715. The Kier molecular flexibility index (Phi) is 4.06. The molecule has 0 aliphatic heterocycles. The molecule has 0 unspecified atom stereocenters. The monoisotopic (exact) mass is 288 g/mol. The second-order valence-corrected chi connectivity index (χ2v) is 4.85. The highest BCUT2D eigenvalue weighted by Gasteiger charge is 2.30. The number of thiazole rings is 1. The van der Waals surface area contributed by atoms with Crippen LogP contribution < -0.4 is 10.1 Å². The first kappa shape index (κ1) is 13.8. The van der Waals surface area contributed by atoms with Gasteiger partial charge in [-0.2, -0.15) is 0 Å². The summed E-state index contributed by atoms with van der Waals surface area (Å²) in [5.74, 6) is -0.233. The number of benzene rings is 1. The number of rotatable bonds is 4. The Morgan fingerprint density at radius 1 is 1.26 bits per heavy atom. The standard InChI is InChI=1S/C12H11F3N2OS/c1-16-6-10-7-17-11(19-10)8-2-4-9(5-3-8)18-12(13,14)15/h2-5,7,16H,6H2,1H3. The lowest BCUT2D eigenvalue weighted by Crippen LogP contribution is -2.16. The smallest absolute Gasteiger partial charge is 0.406 e. The zero-order chi connectivity index (χ0) is 13.9. The van der Waals surface area contributed by atoms with Gasteiger partial charge in [-0.1, -0.05) is 0 Å². The quantitative estimate of drug-likeness (QED) is 0.936. The molecule has 7 heteroatoms. The van der Waals surface area contributed by atoms with Gasteiger partial charge in [0, 0.05) is 23.2 Å². The molecule has 1 heterocycles. The van der Waals surface area contributed by atoms with E-state index in [0.29, 0.717) is 6.54 Å². The maximum Gasteiger partial charge on any atom is 0.573 e. The third-order valence-electron chi connectivity index (χ3n) is 2.24. The van der Waals surface area contributed by atoms with Gasteiger partial charge in [0.25, 0.3) is 0 Å². The van der Waals surface area contributed by atoms with E-state index in [4.69, 9.17) is 0 Å². The number of alkyl halides is 3. The summed E-state index contributed by atoms with van der Waals surface area (Å²) in [6, 6.07) is 5.68. The Bertz CT molecular complexity index is 537. The summed E-state index contributed by atoms with van der Waals surface area (Å²) in [5, 5.41) is 3.78. The summed E-state index contributed by atoms with van der Waals surface area (Å²) < 4.78 is 39.8. The van der Waals surface area contributed by atoms with Crippen LogP contribution in [-0.2, 0) is 6.54 Å². The average molecular weight is 288 g/mol. The van der Waals surface area contributed by atoms with Crippen LogP contribution in [0.4, 0.5) is 13.2 Å². The molecule has 0 saturated heterocycles. The number of hydrogen-bond acceptors (Lipinski definition) is 4. The Morgan fingerprint density at radius 2 is 1.95 bits per heavy atom. The number of nitrogens with zero attached hydrogens (tertiary/aromatic N) is 1. The van der Waals surface area contributed by atoms with Gasteiger partial charge in [-0.05, 0) is 31.3 Å². The maximum atomic E-state index is 12.0. The molecule has 3 nitrogen and oxygen atoms in total. The summed E-state index contributed by atoms with van der Waals surface area (Å²) in [6.07, 6.45) is -2.92. The van der Waals surface area contributed by atoms with E-state index < -0.39 is 6.36 Å². The van der Waals surface area contributed by atoms with Crippen molar-refractivity contribution in [2.75, 3.05) is 7.05 Å². The molecule has 0 amide bonds. The van der Waals surface area contributed by atoms with E-state index >= 15 is 0 Å². The van der Waals surface area contributed by atoms with Crippen molar-refractivity contribution in [2.45, 2.75) is 12.9 Å². The molecule has 0 bridgehead atoms. The van der Waals surface area contributed by atoms with Crippen LogP contribution in [0.3, 0.4) is 0 Å². The van der Waals surface area contributed by atoms with Crippen molar-refractivity contribution in [1.29, 1.82) is 0 Å². The van der Waals surface area contributed by atoms with Gasteiger partial charge in [0.1, 0.15) is 10.8 Å². The number of nitrogens with one attached hydrogen (secondary N) is 1. The first-order chi connectivity index (χ1) is 8.98. The average Bonchev–Trinajstić information content (AvgIpc) is 2.77.